The molecule has 4 rings (SSSR count). The number of anilines is 1. The first-order valence-electron chi connectivity index (χ1n) is 7.31. The maximum atomic E-state index is 12.9. The van der Waals surface area contributed by atoms with Gasteiger partial charge in [0.1, 0.15) is 0 Å². The lowest BCUT2D eigenvalue weighted by Gasteiger charge is -2.17. The number of hydrogen-bond acceptors (Lipinski definition) is 2. The van der Waals surface area contributed by atoms with Crippen molar-refractivity contribution in [3.63, 3.8) is 0 Å². The minimum absolute atomic E-state index is 0.0607. The van der Waals surface area contributed by atoms with Crippen molar-refractivity contribution in [2.24, 2.45) is 0 Å². The number of amides is 1. The molecular weight excluding hydrogens is 290 g/mol. The summed E-state index contributed by atoms with van der Waals surface area (Å²) in [7, 11) is 0. The molecule has 0 bridgehead atoms. The Bertz CT molecular complexity index is 947. The van der Waals surface area contributed by atoms with E-state index >= 15 is 0 Å². The largest absolute Gasteiger partial charge is 0.478 e. The normalized spacial score (nSPS) is 12.9. The number of carboxylic acid groups (broad SMARTS) is 1. The van der Waals surface area contributed by atoms with Crippen LogP contribution in [0.25, 0.3) is 10.8 Å². The Hall–Kier alpha value is -3.14. The summed E-state index contributed by atoms with van der Waals surface area (Å²) in [5.41, 5.74) is 2.13. The summed E-state index contributed by atoms with van der Waals surface area (Å²) in [6.45, 7) is 0.423. The molecule has 0 saturated carbocycles. The van der Waals surface area contributed by atoms with Crippen LogP contribution in [0.2, 0.25) is 0 Å². The number of carbonyl (C=O) groups is 2. The van der Waals surface area contributed by atoms with E-state index in [9.17, 15) is 14.7 Å². The third kappa shape index (κ3) is 1.99. The van der Waals surface area contributed by atoms with E-state index in [2.05, 4.69) is 0 Å². The van der Waals surface area contributed by atoms with Crippen molar-refractivity contribution in [2.75, 3.05) is 4.90 Å². The molecule has 0 fully saturated rings. The van der Waals surface area contributed by atoms with Crippen LogP contribution in [0.4, 0.5) is 5.69 Å². The Kier molecular flexibility index (Phi) is 2.91. The number of rotatable bonds is 3. The van der Waals surface area contributed by atoms with Crippen LogP contribution in [0.3, 0.4) is 0 Å². The van der Waals surface area contributed by atoms with Crippen LogP contribution < -0.4 is 4.90 Å². The second-order valence-corrected chi connectivity index (χ2v) is 5.55. The summed E-state index contributed by atoms with van der Waals surface area (Å²) in [5, 5.41) is 11.0. The molecule has 1 N–H and O–H groups in total. The average Bonchev–Trinajstić information content (AvgIpc) is 2.84. The van der Waals surface area contributed by atoms with E-state index in [1.54, 1.807) is 11.0 Å². The first-order valence-corrected chi connectivity index (χ1v) is 7.31. The second kappa shape index (κ2) is 4.95. The van der Waals surface area contributed by atoms with Crippen LogP contribution in [-0.4, -0.2) is 17.0 Å². The molecule has 3 aromatic rings. The maximum Gasteiger partial charge on any atom is 0.336 e. The minimum atomic E-state index is -1.08. The molecule has 0 aliphatic carbocycles. The molecule has 0 aromatic heterocycles. The van der Waals surface area contributed by atoms with Gasteiger partial charge in [0.25, 0.3) is 5.91 Å². The highest BCUT2D eigenvalue weighted by molar-refractivity contribution is 6.28. The topological polar surface area (TPSA) is 57.6 Å². The molecule has 0 radical (unpaired) electrons. The van der Waals surface area contributed by atoms with Gasteiger partial charge in [0.2, 0.25) is 0 Å². The standard InChI is InChI=1S/C19H13NO3/c21-18-17-14(19(22)23)10-9-13-7-4-8-15(16(13)17)20(18)11-12-5-2-1-3-6-12/h1-10H,11H2,(H,22,23). The molecule has 1 aliphatic heterocycles. The zero-order valence-electron chi connectivity index (χ0n) is 12.2. The second-order valence-electron chi connectivity index (χ2n) is 5.55. The molecule has 4 heteroatoms. The first kappa shape index (κ1) is 13.5. The van der Waals surface area contributed by atoms with E-state index in [4.69, 9.17) is 0 Å². The van der Waals surface area contributed by atoms with E-state index in [0.717, 1.165) is 22.0 Å². The van der Waals surface area contributed by atoms with Gasteiger partial charge in [-0.05, 0) is 23.1 Å². The van der Waals surface area contributed by atoms with Crippen molar-refractivity contribution < 1.29 is 14.7 Å². The lowest BCUT2D eigenvalue weighted by molar-refractivity contribution is 0.0692. The lowest BCUT2D eigenvalue weighted by Crippen LogP contribution is -2.27. The Morgan fingerprint density at radius 1 is 0.957 bits per heavy atom. The Labute approximate surface area is 132 Å². The third-order valence-corrected chi connectivity index (χ3v) is 4.19. The smallest absolute Gasteiger partial charge is 0.336 e. The maximum absolute atomic E-state index is 12.9. The molecule has 1 amide bonds. The summed E-state index contributed by atoms with van der Waals surface area (Å²) < 4.78 is 0. The SMILES string of the molecule is O=C(O)c1ccc2cccc3c2c1C(=O)N3Cc1ccccc1. The molecule has 0 spiro atoms. The van der Waals surface area contributed by atoms with Crippen molar-refractivity contribution >= 4 is 28.3 Å². The van der Waals surface area contributed by atoms with Gasteiger partial charge in [-0.25, -0.2) is 4.79 Å². The highest BCUT2D eigenvalue weighted by Crippen LogP contribution is 2.39. The Morgan fingerprint density at radius 3 is 2.48 bits per heavy atom. The predicted molar refractivity (Wildman–Crippen MR) is 87.9 cm³/mol. The molecule has 1 heterocycles. The van der Waals surface area contributed by atoms with E-state index in [-0.39, 0.29) is 11.5 Å². The van der Waals surface area contributed by atoms with Crippen molar-refractivity contribution in [2.45, 2.75) is 6.54 Å². The van der Waals surface area contributed by atoms with E-state index in [1.807, 2.05) is 48.5 Å². The molecule has 1 aliphatic rings. The number of carboxylic acids is 1. The monoisotopic (exact) mass is 303 g/mol. The lowest BCUT2D eigenvalue weighted by atomic mass is 10.00. The predicted octanol–water partition coefficient (Wildman–Crippen LogP) is 3.70. The van der Waals surface area contributed by atoms with Crippen LogP contribution in [0, 0.1) is 0 Å². The van der Waals surface area contributed by atoms with Gasteiger partial charge in [-0.15, -0.1) is 0 Å². The molecule has 0 unspecified atom stereocenters. The highest BCUT2D eigenvalue weighted by Gasteiger charge is 2.33. The molecule has 23 heavy (non-hydrogen) atoms. The van der Waals surface area contributed by atoms with Gasteiger partial charge in [0.05, 0.1) is 23.4 Å². The van der Waals surface area contributed by atoms with Gasteiger partial charge < -0.3 is 10.0 Å². The molecule has 4 nitrogen and oxygen atoms in total. The quantitative estimate of drug-likeness (QED) is 0.802. The van der Waals surface area contributed by atoms with Crippen molar-refractivity contribution in [3.8, 4) is 0 Å². The van der Waals surface area contributed by atoms with Gasteiger partial charge in [0, 0.05) is 5.39 Å². The van der Waals surface area contributed by atoms with Gasteiger partial charge in [0.15, 0.2) is 0 Å². The molecule has 0 saturated heterocycles. The fourth-order valence-corrected chi connectivity index (χ4v) is 3.15. The number of nitrogens with zero attached hydrogens (tertiary/aromatic N) is 1. The van der Waals surface area contributed by atoms with E-state index in [1.165, 1.54) is 6.07 Å². The summed E-state index contributed by atoms with van der Waals surface area (Å²) in [5.74, 6) is -1.33. The van der Waals surface area contributed by atoms with Gasteiger partial charge in [-0.2, -0.15) is 0 Å². The van der Waals surface area contributed by atoms with Gasteiger partial charge >= 0.3 is 5.97 Å². The summed E-state index contributed by atoms with van der Waals surface area (Å²) in [6.07, 6.45) is 0. The van der Waals surface area contributed by atoms with Gasteiger partial charge in [-0.1, -0.05) is 48.5 Å². The van der Waals surface area contributed by atoms with Crippen LogP contribution >= 0.6 is 0 Å². The van der Waals surface area contributed by atoms with Crippen LogP contribution in [0.1, 0.15) is 26.3 Å². The van der Waals surface area contributed by atoms with Crippen molar-refractivity contribution in [1.82, 2.24) is 0 Å². The fraction of sp³-hybridized carbons (Fsp3) is 0.0526. The van der Waals surface area contributed by atoms with Crippen LogP contribution in [-0.2, 0) is 6.54 Å². The van der Waals surface area contributed by atoms with Crippen LogP contribution in [0.15, 0.2) is 60.7 Å². The third-order valence-electron chi connectivity index (χ3n) is 4.19. The van der Waals surface area contributed by atoms with Gasteiger partial charge in [-0.3, -0.25) is 4.79 Å². The minimum Gasteiger partial charge on any atom is -0.478 e. The number of carbonyl (C=O) groups excluding carboxylic acids is 1. The summed E-state index contributed by atoms with van der Waals surface area (Å²) in [4.78, 5) is 26.0. The van der Waals surface area contributed by atoms with E-state index in [0.29, 0.717) is 12.1 Å². The zero-order chi connectivity index (χ0) is 16.0. The molecule has 0 atom stereocenters. The van der Waals surface area contributed by atoms with E-state index < -0.39 is 5.97 Å². The Morgan fingerprint density at radius 2 is 1.74 bits per heavy atom. The number of aromatic carboxylic acids is 1. The zero-order valence-corrected chi connectivity index (χ0v) is 12.2. The molecule has 112 valence electrons. The number of hydrogen-bond donors (Lipinski definition) is 1. The average molecular weight is 303 g/mol. The van der Waals surface area contributed by atoms with Crippen molar-refractivity contribution in [3.05, 3.63) is 77.4 Å². The summed E-state index contributed by atoms with van der Waals surface area (Å²) >= 11 is 0. The first-order chi connectivity index (χ1) is 11.2. The van der Waals surface area contributed by atoms with Crippen molar-refractivity contribution in [1.29, 1.82) is 0 Å². The number of benzene rings is 3. The molecular formula is C19H13NO3. The highest BCUT2D eigenvalue weighted by atomic mass is 16.4. The summed E-state index contributed by atoms with van der Waals surface area (Å²) in [6, 6.07) is 18.6. The molecule has 3 aromatic carbocycles. The Balaban J connectivity index is 1.91. The van der Waals surface area contributed by atoms with Crippen LogP contribution in [0.5, 0.6) is 0 Å². The fourth-order valence-electron chi connectivity index (χ4n) is 3.15.